The number of piperidine rings is 1. The summed E-state index contributed by atoms with van der Waals surface area (Å²) in [5.74, 6) is -9.60. The molecule has 0 bridgehead atoms. The summed E-state index contributed by atoms with van der Waals surface area (Å²) in [6.45, 7) is 9.83. The lowest BCUT2D eigenvalue weighted by Gasteiger charge is -2.44. The van der Waals surface area contributed by atoms with Gasteiger partial charge in [0.05, 0.1) is 31.4 Å². The average molecular weight is 788 g/mol. The average Bonchev–Trinajstić information content (AvgIpc) is 3.45. The fourth-order valence-electron chi connectivity index (χ4n) is 9.38. The van der Waals surface area contributed by atoms with Gasteiger partial charge in [-0.1, -0.05) is 26.8 Å². The Hall–Kier alpha value is -4.00. The maximum Gasteiger partial charge on any atom is 0.396 e. The first kappa shape index (κ1) is 41.6. The first-order valence-corrected chi connectivity index (χ1v) is 19.8. The van der Waals surface area contributed by atoms with Crippen molar-refractivity contribution in [1.82, 2.24) is 15.1 Å². The molecule has 5 atom stereocenters. The van der Waals surface area contributed by atoms with Gasteiger partial charge >= 0.3 is 12.1 Å². The van der Waals surface area contributed by atoms with Crippen molar-refractivity contribution in [2.75, 3.05) is 26.7 Å². The Bertz CT molecular complexity index is 1850. The van der Waals surface area contributed by atoms with E-state index in [1.54, 1.807) is 7.11 Å². The van der Waals surface area contributed by atoms with Crippen LogP contribution in [0.5, 0.6) is 5.75 Å². The van der Waals surface area contributed by atoms with Crippen LogP contribution in [0.1, 0.15) is 93.2 Å². The molecular formula is C43H54F5N3O5. The number of carbonyl (C=O) groups excluding carboxylic acids is 2. The number of fused-ring (bicyclic) bond motifs is 1. The first-order chi connectivity index (χ1) is 26.3. The number of likely N-dealkylation sites (tertiary alicyclic amines) is 1. The zero-order valence-corrected chi connectivity index (χ0v) is 33.1. The molecule has 56 heavy (non-hydrogen) atoms. The van der Waals surface area contributed by atoms with Crippen molar-refractivity contribution < 1.29 is 46.2 Å². The second kappa shape index (κ2) is 16.1. The van der Waals surface area contributed by atoms with E-state index >= 15 is 0 Å². The monoisotopic (exact) mass is 787 g/mol. The van der Waals surface area contributed by atoms with Crippen molar-refractivity contribution >= 4 is 17.8 Å². The van der Waals surface area contributed by atoms with E-state index in [4.69, 9.17) is 4.74 Å². The van der Waals surface area contributed by atoms with E-state index in [-0.39, 0.29) is 30.9 Å². The zero-order valence-electron chi connectivity index (χ0n) is 33.1. The first-order valence-electron chi connectivity index (χ1n) is 19.8. The lowest BCUT2D eigenvalue weighted by Crippen LogP contribution is -2.55. The summed E-state index contributed by atoms with van der Waals surface area (Å²) < 4.78 is 77.1. The van der Waals surface area contributed by atoms with Gasteiger partial charge in [0.2, 0.25) is 11.8 Å². The molecule has 0 spiro atoms. The topological polar surface area (TPSA) is 99.2 Å². The summed E-state index contributed by atoms with van der Waals surface area (Å²) >= 11 is 0. The van der Waals surface area contributed by atoms with Gasteiger partial charge in [0.25, 0.3) is 5.92 Å². The molecule has 2 fully saturated rings. The van der Waals surface area contributed by atoms with Gasteiger partial charge in [-0.3, -0.25) is 14.4 Å². The Morgan fingerprint density at radius 3 is 2.25 bits per heavy atom. The van der Waals surface area contributed by atoms with Crippen LogP contribution in [-0.4, -0.2) is 77.6 Å². The standard InChI is InChI=1S/C43H54F5N3O5/c1-23(2)14-36(51-22-34(39(43(46,47)48)26(5)41(51)55)27-10-12-50(13-11-27)21-30-20-42(30,44)45)40(54)49-35(19-37(52)53)29-17-28-8-7-9-32(28)33(18-29)38-24(3)15-31(56-6)16-25(38)4/h15-18,22-23,26-27,30,35-36,39H,7-14,19-21H2,1-6H3,(H,49,54)(H,52,53). The summed E-state index contributed by atoms with van der Waals surface area (Å²) in [7, 11) is 1.61. The molecule has 4 aliphatic rings. The molecule has 5 unspecified atom stereocenters. The highest BCUT2D eigenvalue weighted by atomic mass is 19.4. The summed E-state index contributed by atoms with van der Waals surface area (Å²) in [4.78, 5) is 43.9. The molecule has 0 radical (unpaired) electrons. The van der Waals surface area contributed by atoms with Crippen LogP contribution in [0.15, 0.2) is 36.0 Å². The minimum Gasteiger partial charge on any atom is -0.497 e. The number of nitrogens with one attached hydrogen (secondary N) is 1. The molecule has 2 N–H and O–H groups in total. The molecule has 2 aliphatic heterocycles. The fourth-order valence-corrected chi connectivity index (χ4v) is 9.38. The van der Waals surface area contributed by atoms with Gasteiger partial charge < -0.3 is 25.0 Å². The quantitative estimate of drug-likeness (QED) is 0.198. The Morgan fingerprint density at radius 2 is 1.70 bits per heavy atom. The molecule has 8 nitrogen and oxygen atoms in total. The molecule has 2 aromatic rings. The SMILES string of the molecule is COc1cc(C)c(-c2cc(C(CC(=O)O)NC(=O)C(CC(C)C)N3C=C(C4CCN(CC5CC5(F)F)CC4)C(C(F)(F)F)C(C)C3=O)cc3c2CCC3)c(C)c1. The van der Waals surface area contributed by atoms with Crippen molar-refractivity contribution in [3.63, 3.8) is 0 Å². The number of allylic oxidation sites excluding steroid dienone is 1. The minimum atomic E-state index is -4.73. The third kappa shape index (κ3) is 8.77. The van der Waals surface area contributed by atoms with E-state index in [9.17, 15) is 41.4 Å². The number of rotatable bonds is 13. The number of ether oxygens (including phenoxy) is 1. The molecule has 2 aromatic carbocycles. The van der Waals surface area contributed by atoms with Gasteiger partial charge in [-0.2, -0.15) is 13.2 Å². The number of aryl methyl sites for hydroxylation is 3. The molecular weight excluding hydrogens is 733 g/mol. The molecule has 1 saturated heterocycles. The van der Waals surface area contributed by atoms with Gasteiger partial charge in [0.1, 0.15) is 11.8 Å². The Morgan fingerprint density at radius 1 is 1.05 bits per heavy atom. The molecule has 13 heteroatoms. The Labute approximate surface area is 325 Å². The maximum atomic E-state index is 14.8. The molecule has 6 rings (SSSR count). The van der Waals surface area contributed by atoms with E-state index in [2.05, 4.69) is 5.32 Å². The highest BCUT2D eigenvalue weighted by Crippen LogP contribution is 2.50. The molecule has 2 heterocycles. The van der Waals surface area contributed by atoms with Gasteiger partial charge in [0.15, 0.2) is 0 Å². The van der Waals surface area contributed by atoms with Crippen molar-refractivity contribution in [3.8, 4) is 16.9 Å². The second-order valence-electron chi connectivity index (χ2n) is 16.9. The van der Waals surface area contributed by atoms with Gasteiger partial charge in [-0.25, -0.2) is 8.78 Å². The number of nitrogens with zero attached hydrogens (tertiary/aromatic N) is 2. The van der Waals surface area contributed by atoms with E-state index in [1.807, 2.05) is 56.9 Å². The summed E-state index contributed by atoms with van der Waals surface area (Å²) in [6, 6.07) is 5.58. The largest absolute Gasteiger partial charge is 0.497 e. The number of carboxylic acids is 1. The Balaban J connectivity index is 1.33. The predicted octanol–water partition coefficient (Wildman–Crippen LogP) is 8.42. The number of carboxylic acid groups (broad SMARTS) is 1. The Kier molecular flexibility index (Phi) is 12.0. The number of benzene rings is 2. The number of aliphatic carboxylic acids is 1. The summed E-state index contributed by atoms with van der Waals surface area (Å²) in [5.41, 5.74) is 6.79. The van der Waals surface area contributed by atoms with Gasteiger partial charge in [0, 0.05) is 25.1 Å². The number of hydrogen-bond donors (Lipinski definition) is 2. The summed E-state index contributed by atoms with van der Waals surface area (Å²) in [6.07, 6.45) is -0.831. The maximum absolute atomic E-state index is 14.8. The van der Waals surface area contributed by atoms with E-state index in [0.29, 0.717) is 31.5 Å². The summed E-state index contributed by atoms with van der Waals surface area (Å²) in [5, 5.41) is 13.0. The smallest absolute Gasteiger partial charge is 0.396 e. The van der Waals surface area contributed by atoms with E-state index in [0.717, 1.165) is 57.7 Å². The van der Waals surface area contributed by atoms with E-state index < -0.39 is 72.1 Å². The van der Waals surface area contributed by atoms with Crippen molar-refractivity contribution in [2.45, 2.75) is 110 Å². The molecule has 2 amide bonds. The fraction of sp³-hybridized carbons (Fsp3) is 0.605. The van der Waals surface area contributed by atoms with Gasteiger partial charge in [-0.15, -0.1) is 0 Å². The van der Waals surface area contributed by atoms with Crippen LogP contribution >= 0.6 is 0 Å². The van der Waals surface area contributed by atoms with Crippen LogP contribution in [-0.2, 0) is 27.2 Å². The number of hydrogen-bond acceptors (Lipinski definition) is 5. The number of alkyl halides is 5. The van der Waals surface area contributed by atoms with Crippen molar-refractivity contribution in [1.29, 1.82) is 0 Å². The molecule has 306 valence electrons. The van der Waals surface area contributed by atoms with E-state index in [1.165, 1.54) is 18.7 Å². The van der Waals surface area contributed by atoms with Crippen LogP contribution in [0.2, 0.25) is 0 Å². The van der Waals surface area contributed by atoms with Gasteiger partial charge in [-0.05, 0) is 140 Å². The van der Waals surface area contributed by atoms with Crippen LogP contribution in [0.4, 0.5) is 22.0 Å². The highest BCUT2D eigenvalue weighted by molar-refractivity contribution is 5.91. The zero-order chi connectivity index (χ0) is 40.9. The van der Waals surface area contributed by atoms with Crippen LogP contribution in [0.25, 0.3) is 11.1 Å². The number of halogens is 5. The number of methoxy groups -OCH3 is 1. The molecule has 0 aromatic heterocycles. The van der Waals surface area contributed by atoms with Crippen molar-refractivity contribution in [2.24, 2.45) is 29.6 Å². The number of carbonyl (C=O) groups is 3. The van der Waals surface area contributed by atoms with Crippen LogP contribution in [0, 0.1) is 43.4 Å². The van der Waals surface area contributed by atoms with Crippen molar-refractivity contribution in [3.05, 3.63) is 63.9 Å². The normalized spacial score (nSPS) is 23.8. The van der Waals surface area contributed by atoms with Crippen LogP contribution in [0.3, 0.4) is 0 Å². The second-order valence-corrected chi connectivity index (χ2v) is 16.9. The lowest BCUT2D eigenvalue weighted by molar-refractivity contribution is -0.188. The lowest BCUT2D eigenvalue weighted by atomic mass is 9.74. The minimum absolute atomic E-state index is 0.0261. The van der Waals surface area contributed by atoms with Crippen LogP contribution < -0.4 is 10.1 Å². The third-order valence-electron chi connectivity index (χ3n) is 12.3. The predicted molar refractivity (Wildman–Crippen MR) is 202 cm³/mol. The third-order valence-corrected chi connectivity index (χ3v) is 12.3. The number of amides is 2. The molecule has 2 aliphatic carbocycles. The molecule has 1 saturated carbocycles. The highest BCUT2D eigenvalue weighted by Gasteiger charge is 2.57.